The van der Waals surface area contributed by atoms with Crippen LogP contribution in [-0.4, -0.2) is 41.3 Å². The van der Waals surface area contributed by atoms with Gasteiger partial charge in [0.05, 0.1) is 21.2 Å². The number of nitrogens with zero attached hydrogens (tertiary/aromatic N) is 1. The van der Waals surface area contributed by atoms with Crippen molar-refractivity contribution in [1.29, 1.82) is 0 Å². The molecule has 1 heterocycles. The third kappa shape index (κ3) is 5.83. The fourth-order valence-electron chi connectivity index (χ4n) is 2.24. The molecule has 146 valence electrons. The number of rotatable bonds is 7. The molecule has 6 nitrogen and oxygen atoms in total. The SMILES string of the molecule is CCOc1c(I)cc(I)cc1/C=C1/SC(=O)N(CC(=O)O[C@@H](C)CC)C1=O. The largest absolute Gasteiger partial charge is 0.492 e. The summed E-state index contributed by atoms with van der Waals surface area (Å²) >= 11 is 5.18. The van der Waals surface area contributed by atoms with Gasteiger partial charge in [-0.05, 0) is 95.4 Å². The van der Waals surface area contributed by atoms with Crippen molar-refractivity contribution in [2.45, 2.75) is 33.3 Å². The van der Waals surface area contributed by atoms with Crippen LogP contribution in [0.4, 0.5) is 4.79 Å². The van der Waals surface area contributed by atoms with E-state index in [2.05, 4.69) is 45.2 Å². The second-order valence-electron chi connectivity index (χ2n) is 5.72. The average molecular weight is 615 g/mol. The highest BCUT2D eigenvalue weighted by atomic mass is 127. The minimum atomic E-state index is -0.591. The quantitative estimate of drug-likeness (QED) is 0.253. The van der Waals surface area contributed by atoms with Gasteiger partial charge in [-0.15, -0.1) is 0 Å². The lowest BCUT2D eigenvalue weighted by molar-refractivity contribution is -0.150. The summed E-state index contributed by atoms with van der Waals surface area (Å²) in [4.78, 5) is 37.9. The summed E-state index contributed by atoms with van der Waals surface area (Å²) in [6.45, 7) is 5.64. The lowest BCUT2D eigenvalue weighted by atomic mass is 10.2. The smallest absolute Gasteiger partial charge is 0.326 e. The molecule has 1 aromatic carbocycles. The molecule has 2 amide bonds. The van der Waals surface area contributed by atoms with Crippen LogP contribution in [0.25, 0.3) is 6.08 Å². The number of imide groups is 1. The van der Waals surface area contributed by atoms with Gasteiger partial charge < -0.3 is 9.47 Å². The van der Waals surface area contributed by atoms with Gasteiger partial charge in [0.15, 0.2) is 0 Å². The summed E-state index contributed by atoms with van der Waals surface area (Å²) in [5.41, 5.74) is 0.723. The molecule has 0 bridgehead atoms. The Hall–Kier alpha value is -0.820. The van der Waals surface area contributed by atoms with E-state index in [1.165, 1.54) is 0 Å². The van der Waals surface area contributed by atoms with Crippen LogP contribution in [0.5, 0.6) is 5.75 Å². The minimum Gasteiger partial charge on any atom is -0.492 e. The number of halogens is 2. The van der Waals surface area contributed by atoms with Gasteiger partial charge in [-0.2, -0.15) is 0 Å². The van der Waals surface area contributed by atoms with Gasteiger partial charge in [-0.25, -0.2) is 0 Å². The van der Waals surface area contributed by atoms with Gasteiger partial charge in [0.25, 0.3) is 11.1 Å². The molecule has 1 aliphatic heterocycles. The molecule has 1 aliphatic rings. The molecule has 1 fully saturated rings. The lowest BCUT2D eigenvalue weighted by Crippen LogP contribution is -2.35. The Labute approximate surface area is 189 Å². The Bertz CT molecular complexity index is 796. The van der Waals surface area contributed by atoms with Gasteiger partial charge in [-0.3, -0.25) is 19.3 Å². The van der Waals surface area contributed by atoms with E-state index in [1.807, 2.05) is 26.0 Å². The van der Waals surface area contributed by atoms with E-state index in [-0.39, 0.29) is 17.6 Å². The second kappa shape index (κ2) is 10.1. The maximum Gasteiger partial charge on any atom is 0.326 e. The average Bonchev–Trinajstić information content (AvgIpc) is 2.85. The van der Waals surface area contributed by atoms with Crippen molar-refractivity contribution in [3.8, 4) is 5.75 Å². The molecule has 27 heavy (non-hydrogen) atoms. The first-order valence-corrected chi connectivity index (χ1v) is 11.3. The molecule has 1 saturated heterocycles. The van der Waals surface area contributed by atoms with Crippen LogP contribution >= 0.6 is 56.9 Å². The maximum atomic E-state index is 12.6. The summed E-state index contributed by atoms with van der Waals surface area (Å²) < 4.78 is 12.8. The molecule has 0 saturated carbocycles. The third-order valence-electron chi connectivity index (χ3n) is 3.68. The minimum absolute atomic E-state index is 0.254. The molecular weight excluding hydrogens is 596 g/mol. The van der Waals surface area contributed by atoms with Crippen LogP contribution in [-0.2, 0) is 14.3 Å². The Morgan fingerprint density at radius 2 is 2.00 bits per heavy atom. The van der Waals surface area contributed by atoms with Crippen LogP contribution in [0.3, 0.4) is 0 Å². The van der Waals surface area contributed by atoms with Crippen molar-refractivity contribution >= 4 is 80.1 Å². The predicted molar refractivity (Wildman–Crippen MR) is 122 cm³/mol. The predicted octanol–water partition coefficient (Wildman–Crippen LogP) is 4.67. The Morgan fingerprint density at radius 1 is 1.30 bits per heavy atom. The van der Waals surface area contributed by atoms with Crippen molar-refractivity contribution < 1.29 is 23.9 Å². The summed E-state index contributed by atoms with van der Waals surface area (Å²) in [5, 5.41) is -0.481. The number of ether oxygens (including phenoxy) is 2. The van der Waals surface area contributed by atoms with Gasteiger partial charge >= 0.3 is 5.97 Å². The van der Waals surface area contributed by atoms with E-state index in [4.69, 9.17) is 9.47 Å². The monoisotopic (exact) mass is 615 g/mol. The van der Waals surface area contributed by atoms with E-state index in [0.717, 1.165) is 29.4 Å². The highest BCUT2D eigenvalue weighted by molar-refractivity contribution is 14.1. The summed E-state index contributed by atoms with van der Waals surface area (Å²) in [7, 11) is 0. The molecule has 0 N–H and O–H groups in total. The number of esters is 1. The van der Waals surface area contributed by atoms with Crippen LogP contribution in [0.1, 0.15) is 32.8 Å². The molecule has 0 spiro atoms. The first-order valence-electron chi connectivity index (χ1n) is 8.33. The summed E-state index contributed by atoms with van der Waals surface area (Å²) in [6, 6.07) is 3.86. The van der Waals surface area contributed by atoms with Crippen molar-refractivity contribution in [2.75, 3.05) is 13.2 Å². The number of thioether (sulfide) groups is 1. The van der Waals surface area contributed by atoms with Crippen molar-refractivity contribution in [1.82, 2.24) is 4.90 Å². The zero-order valence-corrected chi connectivity index (χ0v) is 20.2. The number of amides is 2. The van der Waals surface area contributed by atoms with Crippen LogP contribution in [0.15, 0.2) is 17.0 Å². The Kier molecular flexibility index (Phi) is 8.40. The molecule has 9 heteroatoms. The normalized spacial score (nSPS) is 16.8. The maximum absolute atomic E-state index is 12.6. The van der Waals surface area contributed by atoms with Crippen LogP contribution in [0.2, 0.25) is 0 Å². The Morgan fingerprint density at radius 3 is 2.63 bits per heavy atom. The van der Waals surface area contributed by atoms with Gasteiger partial charge in [0.1, 0.15) is 12.3 Å². The summed E-state index contributed by atoms with van der Waals surface area (Å²) in [6.07, 6.45) is 2.05. The zero-order chi connectivity index (χ0) is 20.1. The number of benzene rings is 1. The van der Waals surface area contributed by atoms with E-state index in [9.17, 15) is 14.4 Å². The molecule has 0 aliphatic carbocycles. The molecule has 2 rings (SSSR count). The molecular formula is C18H19I2NO5S. The third-order valence-corrected chi connectivity index (χ3v) is 6.01. The zero-order valence-electron chi connectivity index (χ0n) is 15.1. The van der Waals surface area contributed by atoms with Gasteiger partial charge in [-0.1, -0.05) is 6.92 Å². The van der Waals surface area contributed by atoms with Crippen molar-refractivity contribution in [2.24, 2.45) is 0 Å². The van der Waals surface area contributed by atoms with Crippen LogP contribution in [0, 0.1) is 7.14 Å². The van der Waals surface area contributed by atoms with E-state index >= 15 is 0 Å². The summed E-state index contributed by atoms with van der Waals surface area (Å²) in [5.74, 6) is -0.421. The number of hydrogen-bond acceptors (Lipinski definition) is 6. The first kappa shape index (κ1) is 22.5. The number of carbonyl (C=O) groups excluding carboxylic acids is 3. The van der Waals surface area contributed by atoms with E-state index in [1.54, 1.807) is 13.0 Å². The van der Waals surface area contributed by atoms with Gasteiger partial charge in [0, 0.05) is 9.13 Å². The highest BCUT2D eigenvalue weighted by Crippen LogP contribution is 2.36. The van der Waals surface area contributed by atoms with Gasteiger partial charge in [0.2, 0.25) is 0 Å². The number of carbonyl (C=O) groups is 3. The molecule has 1 aromatic rings. The molecule has 1 atom stereocenters. The van der Waals surface area contributed by atoms with E-state index in [0.29, 0.717) is 18.8 Å². The Balaban J connectivity index is 2.25. The van der Waals surface area contributed by atoms with Crippen molar-refractivity contribution in [3.05, 3.63) is 29.7 Å². The lowest BCUT2D eigenvalue weighted by Gasteiger charge is -2.15. The highest BCUT2D eigenvalue weighted by Gasteiger charge is 2.37. The molecule has 0 aromatic heterocycles. The molecule has 0 unspecified atom stereocenters. The number of hydrogen-bond donors (Lipinski definition) is 0. The molecule has 0 radical (unpaired) electrons. The van der Waals surface area contributed by atoms with E-state index < -0.39 is 17.1 Å². The van der Waals surface area contributed by atoms with Crippen LogP contribution < -0.4 is 4.74 Å². The second-order valence-corrected chi connectivity index (χ2v) is 9.12. The fourth-order valence-corrected chi connectivity index (χ4v) is 5.11. The standard InChI is InChI=1S/C18H19I2NO5S/c1-4-10(3)26-15(22)9-21-17(23)14(27-18(21)24)7-11-6-12(19)8-13(20)16(11)25-5-2/h6-8,10H,4-5,9H2,1-3H3/b14-7+/t10-/m0/s1. The topological polar surface area (TPSA) is 72.9 Å². The van der Waals surface area contributed by atoms with Crippen molar-refractivity contribution in [3.63, 3.8) is 0 Å². The first-order chi connectivity index (χ1) is 12.8. The fraction of sp³-hybridized carbons (Fsp3) is 0.389.